The minimum Gasteiger partial charge on any atom is -0.369 e. The molecule has 0 radical (unpaired) electrons. The second-order valence-electron chi connectivity index (χ2n) is 8.73. The van der Waals surface area contributed by atoms with Crippen molar-refractivity contribution in [3.05, 3.63) is 88.4 Å². The fourth-order valence-electron chi connectivity index (χ4n) is 5.03. The molecule has 166 valence electrons. The highest BCUT2D eigenvalue weighted by Gasteiger charge is 2.37. The lowest BCUT2D eigenvalue weighted by Crippen LogP contribution is -2.48. The van der Waals surface area contributed by atoms with Crippen LogP contribution in [0, 0.1) is 11.7 Å². The molecule has 0 N–H and O–H groups in total. The van der Waals surface area contributed by atoms with Gasteiger partial charge in [0.25, 0.3) is 5.91 Å². The van der Waals surface area contributed by atoms with Gasteiger partial charge in [-0.2, -0.15) is 0 Å². The first-order valence-corrected chi connectivity index (χ1v) is 12.2. The molecule has 2 aliphatic rings. The number of carbonyl (C=O) groups excluding carboxylic acids is 1. The van der Waals surface area contributed by atoms with E-state index in [0.29, 0.717) is 11.8 Å². The van der Waals surface area contributed by atoms with Crippen molar-refractivity contribution in [3.63, 3.8) is 0 Å². The number of halogens is 1. The van der Waals surface area contributed by atoms with Crippen LogP contribution in [-0.2, 0) is 0 Å². The van der Waals surface area contributed by atoms with Crippen LogP contribution in [0.2, 0.25) is 0 Å². The highest BCUT2D eigenvalue weighted by Crippen LogP contribution is 2.34. The lowest BCUT2D eigenvalue weighted by molar-refractivity contribution is 0.0787. The fourth-order valence-corrected chi connectivity index (χ4v) is 5.72. The zero-order valence-corrected chi connectivity index (χ0v) is 18.9. The van der Waals surface area contributed by atoms with Crippen molar-refractivity contribution in [2.75, 3.05) is 50.7 Å². The fraction of sp³-hybridized carbons (Fsp3) is 0.346. The normalized spacial score (nSPS) is 21.8. The molecule has 1 amide bonds. The van der Waals surface area contributed by atoms with Crippen molar-refractivity contribution in [2.24, 2.45) is 5.92 Å². The van der Waals surface area contributed by atoms with Gasteiger partial charge in [-0.15, -0.1) is 11.3 Å². The Hall–Kier alpha value is -2.70. The number of likely N-dealkylation sites (tertiary alicyclic amines) is 1. The van der Waals surface area contributed by atoms with Gasteiger partial charge in [0, 0.05) is 57.4 Å². The SMILES string of the molecule is O=C(c1cccs1)N1CC(CN2CCN(c3ccc(F)cc3)CC2)C(c2ccccc2)C1. The topological polar surface area (TPSA) is 26.8 Å². The van der Waals surface area contributed by atoms with Crippen LogP contribution in [0.5, 0.6) is 0 Å². The predicted octanol–water partition coefficient (Wildman–Crippen LogP) is 4.57. The average molecular weight is 450 g/mol. The van der Waals surface area contributed by atoms with Gasteiger partial charge in [0.1, 0.15) is 5.82 Å². The summed E-state index contributed by atoms with van der Waals surface area (Å²) < 4.78 is 13.2. The summed E-state index contributed by atoms with van der Waals surface area (Å²) in [6, 6.07) is 21.3. The Morgan fingerprint density at radius 1 is 0.906 bits per heavy atom. The van der Waals surface area contributed by atoms with Gasteiger partial charge < -0.3 is 9.80 Å². The van der Waals surface area contributed by atoms with Crippen LogP contribution in [-0.4, -0.2) is 61.5 Å². The Bertz CT molecular complexity index is 1020. The third-order valence-corrected chi connectivity index (χ3v) is 7.60. The summed E-state index contributed by atoms with van der Waals surface area (Å²) >= 11 is 1.52. The van der Waals surface area contributed by atoms with E-state index in [-0.39, 0.29) is 11.7 Å². The number of carbonyl (C=O) groups is 1. The molecular formula is C26H28FN3OS. The first kappa shape index (κ1) is 21.2. The molecule has 2 unspecified atom stereocenters. The van der Waals surface area contributed by atoms with Crippen LogP contribution >= 0.6 is 11.3 Å². The molecule has 0 aliphatic carbocycles. The zero-order chi connectivity index (χ0) is 21.9. The number of thiophene rings is 1. The molecule has 3 aromatic rings. The molecule has 2 saturated heterocycles. The van der Waals surface area contributed by atoms with E-state index in [9.17, 15) is 9.18 Å². The molecule has 2 aliphatic heterocycles. The first-order valence-electron chi connectivity index (χ1n) is 11.3. The molecule has 1 aromatic heterocycles. The molecule has 2 aromatic carbocycles. The Kier molecular flexibility index (Phi) is 6.23. The molecule has 0 bridgehead atoms. The minimum atomic E-state index is -0.192. The number of amides is 1. The highest BCUT2D eigenvalue weighted by atomic mass is 32.1. The van der Waals surface area contributed by atoms with Gasteiger partial charge in [0.2, 0.25) is 0 Å². The standard InChI is InChI=1S/C26H28FN3OS/c27-22-8-10-23(11-9-22)29-14-12-28(13-15-29)17-21-18-30(26(31)25-7-4-16-32-25)19-24(21)20-5-2-1-3-6-20/h1-11,16,21,24H,12-15,17-19H2. The van der Waals surface area contributed by atoms with Gasteiger partial charge in [-0.25, -0.2) is 4.39 Å². The molecule has 2 atom stereocenters. The monoisotopic (exact) mass is 449 g/mol. The molecule has 2 fully saturated rings. The molecule has 6 heteroatoms. The largest absolute Gasteiger partial charge is 0.369 e. The summed E-state index contributed by atoms with van der Waals surface area (Å²) in [7, 11) is 0. The van der Waals surface area contributed by atoms with Crippen molar-refractivity contribution in [1.82, 2.24) is 9.80 Å². The van der Waals surface area contributed by atoms with Crippen molar-refractivity contribution < 1.29 is 9.18 Å². The Morgan fingerprint density at radius 2 is 1.66 bits per heavy atom. The third kappa shape index (κ3) is 4.57. The number of anilines is 1. The third-order valence-electron chi connectivity index (χ3n) is 6.74. The van der Waals surface area contributed by atoms with E-state index in [1.807, 2.05) is 34.5 Å². The van der Waals surface area contributed by atoms with E-state index in [1.165, 1.54) is 29.0 Å². The maximum Gasteiger partial charge on any atom is 0.263 e. The summed E-state index contributed by atoms with van der Waals surface area (Å²) in [6.45, 7) is 6.40. The van der Waals surface area contributed by atoms with Gasteiger partial charge in [-0.05, 0) is 47.2 Å². The second-order valence-corrected chi connectivity index (χ2v) is 9.68. The molecule has 4 nitrogen and oxygen atoms in total. The van der Waals surface area contributed by atoms with Crippen molar-refractivity contribution in [3.8, 4) is 0 Å². The number of piperazine rings is 1. The van der Waals surface area contributed by atoms with E-state index < -0.39 is 0 Å². The number of nitrogens with zero attached hydrogens (tertiary/aromatic N) is 3. The lowest BCUT2D eigenvalue weighted by Gasteiger charge is -2.37. The Labute approximate surface area is 192 Å². The highest BCUT2D eigenvalue weighted by molar-refractivity contribution is 7.12. The predicted molar refractivity (Wildman–Crippen MR) is 128 cm³/mol. The van der Waals surface area contributed by atoms with Crippen molar-refractivity contribution in [1.29, 1.82) is 0 Å². The van der Waals surface area contributed by atoms with Crippen LogP contribution < -0.4 is 4.90 Å². The Morgan fingerprint density at radius 3 is 2.34 bits per heavy atom. The first-order chi connectivity index (χ1) is 15.7. The quantitative estimate of drug-likeness (QED) is 0.571. The number of hydrogen-bond donors (Lipinski definition) is 0. The smallest absolute Gasteiger partial charge is 0.263 e. The van der Waals surface area contributed by atoms with Crippen LogP contribution in [0.4, 0.5) is 10.1 Å². The van der Waals surface area contributed by atoms with E-state index in [2.05, 4.69) is 40.1 Å². The van der Waals surface area contributed by atoms with E-state index in [0.717, 1.165) is 56.4 Å². The van der Waals surface area contributed by atoms with Gasteiger partial charge in [0.15, 0.2) is 0 Å². The molecule has 5 rings (SSSR count). The van der Waals surface area contributed by atoms with Crippen molar-refractivity contribution >= 4 is 22.9 Å². The maximum absolute atomic E-state index is 13.2. The molecular weight excluding hydrogens is 421 g/mol. The molecule has 3 heterocycles. The summed E-state index contributed by atoms with van der Waals surface area (Å²) in [5, 5.41) is 1.97. The van der Waals surface area contributed by atoms with E-state index >= 15 is 0 Å². The van der Waals surface area contributed by atoms with Crippen LogP contribution in [0.25, 0.3) is 0 Å². The molecule has 0 spiro atoms. The molecule has 32 heavy (non-hydrogen) atoms. The summed E-state index contributed by atoms with van der Waals surface area (Å²) in [5.41, 5.74) is 2.41. The van der Waals surface area contributed by atoms with E-state index in [4.69, 9.17) is 0 Å². The number of rotatable bonds is 5. The summed E-state index contributed by atoms with van der Waals surface area (Å²) in [4.78, 5) is 20.8. The maximum atomic E-state index is 13.2. The van der Waals surface area contributed by atoms with Gasteiger partial charge in [-0.1, -0.05) is 36.4 Å². The summed E-state index contributed by atoms with van der Waals surface area (Å²) in [6.07, 6.45) is 0. The second kappa shape index (κ2) is 9.43. The summed E-state index contributed by atoms with van der Waals surface area (Å²) in [5.74, 6) is 0.737. The van der Waals surface area contributed by atoms with Crippen LogP contribution in [0.1, 0.15) is 21.2 Å². The van der Waals surface area contributed by atoms with Gasteiger partial charge in [0.05, 0.1) is 4.88 Å². The lowest BCUT2D eigenvalue weighted by atomic mass is 9.88. The van der Waals surface area contributed by atoms with Crippen LogP contribution in [0.3, 0.4) is 0 Å². The number of hydrogen-bond acceptors (Lipinski definition) is 4. The van der Waals surface area contributed by atoms with Crippen LogP contribution in [0.15, 0.2) is 72.1 Å². The zero-order valence-electron chi connectivity index (χ0n) is 18.1. The average Bonchev–Trinajstić information content (AvgIpc) is 3.51. The number of benzene rings is 2. The van der Waals surface area contributed by atoms with E-state index in [1.54, 1.807) is 0 Å². The van der Waals surface area contributed by atoms with Gasteiger partial charge in [-0.3, -0.25) is 9.69 Å². The molecule has 0 saturated carbocycles. The van der Waals surface area contributed by atoms with Gasteiger partial charge >= 0.3 is 0 Å². The Balaban J connectivity index is 1.26. The van der Waals surface area contributed by atoms with Crippen molar-refractivity contribution in [2.45, 2.75) is 5.92 Å². The minimum absolute atomic E-state index is 0.157.